The van der Waals surface area contributed by atoms with E-state index in [9.17, 15) is 14.4 Å². The fraction of sp³-hybridized carbons (Fsp3) is 0.308. The Morgan fingerprint density at radius 2 is 1.80 bits per heavy atom. The first kappa shape index (κ1) is 15.5. The standard InChI is InChI=1S/C13H17N3O4/c14-9-4-1-8(2-5-9)3-6-12(18)16-10(13(19)20)7-11(15)17/h1-2,4-5,10H,3,6-7,14H2,(H2,15,17)(H,16,18)(H,19,20). The van der Waals surface area contributed by atoms with Crippen molar-refractivity contribution in [3.8, 4) is 0 Å². The molecule has 1 rings (SSSR count). The second kappa shape index (κ2) is 7.13. The zero-order valence-corrected chi connectivity index (χ0v) is 10.8. The van der Waals surface area contributed by atoms with E-state index in [1.54, 1.807) is 24.3 Å². The Morgan fingerprint density at radius 1 is 1.20 bits per heavy atom. The van der Waals surface area contributed by atoms with Gasteiger partial charge in [-0.15, -0.1) is 0 Å². The lowest BCUT2D eigenvalue weighted by Crippen LogP contribution is -2.43. The van der Waals surface area contributed by atoms with E-state index in [4.69, 9.17) is 16.6 Å². The van der Waals surface area contributed by atoms with Gasteiger partial charge in [-0.25, -0.2) is 4.79 Å². The maximum absolute atomic E-state index is 11.6. The predicted molar refractivity (Wildman–Crippen MR) is 72.6 cm³/mol. The molecule has 0 radical (unpaired) electrons. The summed E-state index contributed by atoms with van der Waals surface area (Å²) in [5, 5.41) is 11.1. The number of primary amides is 1. The number of nitrogens with two attached hydrogens (primary N) is 2. The molecular weight excluding hydrogens is 262 g/mol. The highest BCUT2D eigenvalue weighted by atomic mass is 16.4. The average Bonchev–Trinajstić information content (AvgIpc) is 2.36. The number of carboxylic acid groups (broad SMARTS) is 1. The van der Waals surface area contributed by atoms with Gasteiger partial charge in [0.05, 0.1) is 6.42 Å². The molecule has 0 fully saturated rings. The third kappa shape index (κ3) is 5.38. The third-order valence-corrected chi connectivity index (χ3v) is 2.66. The molecule has 1 aromatic carbocycles. The van der Waals surface area contributed by atoms with E-state index in [1.165, 1.54) is 0 Å². The monoisotopic (exact) mass is 279 g/mol. The van der Waals surface area contributed by atoms with Crippen LogP contribution in [0.3, 0.4) is 0 Å². The summed E-state index contributed by atoms with van der Waals surface area (Å²) in [7, 11) is 0. The van der Waals surface area contributed by atoms with E-state index in [-0.39, 0.29) is 6.42 Å². The first-order chi connectivity index (χ1) is 9.38. The number of anilines is 1. The first-order valence-electron chi connectivity index (χ1n) is 6.03. The van der Waals surface area contributed by atoms with Crippen molar-refractivity contribution in [1.82, 2.24) is 5.32 Å². The number of rotatable bonds is 7. The summed E-state index contributed by atoms with van der Waals surface area (Å²) in [6.45, 7) is 0. The largest absolute Gasteiger partial charge is 0.480 e. The molecule has 1 atom stereocenters. The van der Waals surface area contributed by atoms with Crippen LogP contribution in [-0.2, 0) is 20.8 Å². The van der Waals surface area contributed by atoms with Gasteiger partial charge in [0.2, 0.25) is 11.8 Å². The number of hydrogen-bond donors (Lipinski definition) is 4. The van der Waals surface area contributed by atoms with Gasteiger partial charge in [0.1, 0.15) is 6.04 Å². The summed E-state index contributed by atoms with van der Waals surface area (Å²) in [5.74, 6) is -2.52. The van der Waals surface area contributed by atoms with Crippen molar-refractivity contribution < 1.29 is 19.5 Å². The number of hydrogen-bond acceptors (Lipinski definition) is 4. The van der Waals surface area contributed by atoms with Crippen LogP contribution in [0.5, 0.6) is 0 Å². The lowest BCUT2D eigenvalue weighted by Gasteiger charge is -2.12. The van der Waals surface area contributed by atoms with Gasteiger partial charge in [0, 0.05) is 12.1 Å². The van der Waals surface area contributed by atoms with Crippen LogP contribution in [0.2, 0.25) is 0 Å². The number of nitrogens with one attached hydrogen (secondary N) is 1. The van der Waals surface area contributed by atoms with Crippen molar-refractivity contribution in [1.29, 1.82) is 0 Å². The minimum absolute atomic E-state index is 0.118. The quantitative estimate of drug-likeness (QED) is 0.506. The average molecular weight is 279 g/mol. The van der Waals surface area contributed by atoms with E-state index < -0.39 is 30.2 Å². The van der Waals surface area contributed by atoms with Crippen LogP contribution >= 0.6 is 0 Å². The Labute approximate surface area is 115 Å². The molecule has 1 aromatic rings. The molecule has 2 amide bonds. The molecule has 7 heteroatoms. The van der Waals surface area contributed by atoms with Gasteiger partial charge in [-0.2, -0.15) is 0 Å². The van der Waals surface area contributed by atoms with Crippen LogP contribution in [-0.4, -0.2) is 28.9 Å². The summed E-state index contributed by atoms with van der Waals surface area (Å²) in [4.78, 5) is 33.2. The molecule has 0 aliphatic carbocycles. The number of carbonyl (C=O) groups is 3. The molecule has 0 saturated heterocycles. The fourth-order valence-corrected chi connectivity index (χ4v) is 1.61. The van der Waals surface area contributed by atoms with Gasteiger partial charge < -0.3 is 21.9 Å². The van der Waals surface area contributed by atoms with Crippen molar-refractivity contribution in [2.24, 2.45) is 5.73 Å². The van der Waals surface area contributed by atoms with E-state index in [1.807, 2.05) is 0 Å². The molecule has 0 saturated carbocycles. The highest BCUT2D eigenvalue weighted by molar-refractivity contribution is 5.88. The zero-order valence-electron chi connectivity index (χ0n) is 10.8. The van der Waals surface area contributed by atoms with Crippen LogP contribution in [0.1, 0.15) is 18.4 Å². The molecule has 0 spiro atoms. The molecule has 6 N–H and O–H groups in total. The summed E-state index contributed by atoms with van der Waals surface area (Å²) in [5.41, 5.74) is 12.0. The number of carbonyl (C=O) groups excluding carboxylic acids is 2. The van der Waals surface area contributed by atoms with E-state index >= 15 is 0 Å². The highest BCUT2D eigenvalue weighted by Crippen LogP contribution is 2.07. The lowest BCUT2D eigenvalue weighted by molar-refractivity contribution is -0.143. The minimum Gasteiger partial charge on any atom is -0.480 e. The topological polar surface area (TPSA) is 136 Å². The number of carboxylic acids is 1. The van der Waals surface area contributed by atoms with Crippen LogP contribution in [0.4, 0.5) is 5.69 Å². The Morgan fingerprint density at radius 3 is 2.30 bits per heavy atom. The van der Waals surface area contributed by atoms with Crippen LogP contribution < -0.4 is 16.8 Å². The Bertz CT molecular complexity index is 499. The van der Waals surface area contributed by atoms with Crippen molar-refractivity contribution in [2.45, 2.75) is 25.3 Å². The molecule has 7 nitrogen and oxygen atoms in total. The van der Waals surface area contributed by atoms with Crippen molar-refractivity contribution >= 4 is 23.5 Å². The van der Waals surface area contributed by atoms with Crippen LogP contribution in [0, 0.1) is 0 Å². The number of benzene rings is 1. The van der Waals surface area contributed by atoms with Crippen LogP contribution in [0.25, 0.3) is 0 Å². The Kier molecular flexibility index (Phi) is 5.52. The Balaban J connectivity index is 2.47. The number of aliphatic carboxylic acids is 1. The van der Waals surface area contributed by atoms with E-state index in [2.05, 4.69) is 5.32 Å². The molecule has 0 aliphatic rings. The smallest absolute Gasteiger partial charge is 0.326 e. The number of amides is 2. The minimum atomic E-state index is -1.29. The Hall–Kier alpha value is -2.57. The number of nitrogen functional groups attached to an aromatic ring is 1. The van der Waals surface area contributed by atoms with Gasteiger partial charge >= 0.3 is 5.97 Å². The van der Waals surface area contributed by atoms with Gasteiger partial charge in [0.25, 0.3) is 0 Å². The summed E-state index contributed by atoms with van der Waals surface area (Å²) >= 11 is 0. The molecule has 20 heavy (non-hydrogen) atoms. The van der Waals surface area contributed by atoms with Gasteiger partial charge in [-0.1, -0.05) is 12.1 Å². The number of aryl methyl sites for hydroxylation is 1. The van der Waals surface area contributed by atoms with Crippen LogP contribution in [0.15, 0.2) is 24.3 Å². The SMILES string of the molecule is NC(=O)CC(NC(=O)CCc1ccc(N)cc1)C(=O)O. The first-order valence-corrected chi connectivity index (χ1v) is 6.03. The zero-order chi connectivity index (χ0) is 15.1. The second-order valence-electron chi connectivity index (χ2n) is 4.37. The van der Waals surface area contributed by atoms with Crippen molar-refractivity contribution in [3.05, 3.63) is 29.8 Å². The van der Waals surface area contributed by atoms with E-state index in [0.717, 1.165) is 5.56 Å². The summed E-state index contributed by atoms with van der Waals surface area (Å²) < 4.78 is 0. The molecular formula is C13H17N3O4. The predicted octanol–water partition coefficient (Wildman–Crippen LogP) is -0.354. The van der Waals surface area contributed by atoms with Crippen molar-refractivity contribution in [3.63, 3.8) is 0 Å². The van der Waals surface area contributed by atoms with Gasteiger partial charge in [-0.3, -0.25) is 9.59 Å². The van der Waals surface area contributed by atoms with Gasteiger partial charge in [-0.05, 0) is 24.1 Å². The third-order valence-electron chi connectivity index (χ3n) is 2.66. The molecule has 0 heterocycles. The normalized spacial score (nSPS) is 11.6. The summed E-state index contributed by atoms with van der Waals surface area (Å²) in [6, 6.07) is 5.74. The molecule has 108 valence electrons. The maximum atomic E-state index is 11.6. The summed E-state index contributed by atoms with van der Waals surface area (Å²) in [6.07, 6.45) is 0.143. The van der Waals surface area contributed by atoms with E-state index in [0.29, 0.717) is 12.1 Å². The molecule has 0 bridgehead atoms. The maximum Gasteiger partial charge on any atom is 0.326 e. The molecule has 0 aromatic heterocycles. The lowest BCUT2D eigenvalue weighted by atomic mass is 10.1. The second-order valence-corrected chi connectivity index (χ2v) is 4.37. The molecule has 0 aliphatic heterocycles. The fourth-order valence-electron chi connectivity index (χ4n) is 1.61. The molecule has 1 unspecified atom stereocenters. The highest BCUT2D eigenvalue weighted by Gasteiger charge is 2.21. The van der Waals surface area contributed by atoms with Gasteiger partial charge in [0.15, 0.2) is 0 Å². The van der Waals surface area contributed by atoms with Crippen molar-refractivity contribution in [2.75, 3.05) is 5.73 Å².